The molecular formula is C20H24N6O. The summed E-state index contributed by atoms with van der Waals surface area (Å²) in [5.41, 5.74) is 2.19. The summed E-state index contributed by atoms with van der Waals surface area (Å²) in [6, 6.07) is 5.61. The van der Waals surface area contributed by atoms with Gasteiger partial charge < -0.3 is 9.47 Å². The highest BCUT2D eigenvalue weighted by atomic mass is 16.2. The molecule has 1 amide bonds. The number of amides is 1. The van der Waals surface area contributed by atoms with E-state index >= 15 is 0 Å². The van der Waals surface area contributed by atoms with Crippen LogP contribution in [0, 0.1) is 12.8 Å². The van der Waals surface area contributed by atoms with Crippen molar-refractivity contribution in [2.24, 2.45) is 5.92 Å². The van der Waals surface area contributed by atoms with Crippen LogP contribution in [-0.4, -0.2) is 48.6 Å². The van der Waals surface area contributed by atoms with E-state index < -0.39 is 0 Å². The van der Waals surface area contributed by atoms with Gasteiger partial charge in [0.15, 0.2) is 0 Å². The highest BCUT2D eigenvalue weighted by Crippen LogP contribution is 2.23. The standard InChI is InChI=1S/C20H24N6O/c1-15-22-8-12-25(15)9-4-16-5-10-26(11-6-16)20(27)19-13-18(23-24-19)17-3-2-7-21-14-17/h2-3,7-8,12-14,16H,4-6,9-11H2,1H3,(H,23,24). The Kier molecular flexibility index (Phi) is 5.00. The molecule has 0 radical (unpaired) electrons. The fraction of sp³-hybridized carbons (Fsp3) is 0.400. The summed E-state index contributed by atoms with van der Waals surface area (Å²) in [6.07, 6.45) is 10.6. The van der Waals surface area contributed by atoms with Gasteiger partial charge in [0.1, 0.15) is 11.5 Å². The van der Waals surface area contributed by atoms with Crippen LogP contribution in [0.15, 0.2) is 43.0 Å². The Balaban J connectivity index is 1.31. The molecule has 1 saturated heterocycles. The largest absolute Gasteiger partial charge is 0.337 e. The summed E-state index contributed by atoms with van der Waals surface area (Å²) in [5, 5.41) is 7.15. The molecule has 0 atom stereocenters. The lowest BCUT2D eigenvalue weighted by atomic mass is 9.93. The molecule has 0 aromatic carbocycles. The number of H-pyrrole nitrogens is 1. The Hall–Kier alpha value is -2.96. The number of aromatic nitrogens is 5. The Bertz CT molecular complexity index is 892. The average molecular weight is 364 g/mol. The zero-order valence-corrected chi connectivity index (χ0v) is 15.5. The van der Waals surface area contributed by atoms with Crippen LogP contribution >= 0.6 is 0 Å². The van der Waals surface area contributed by atoms with Crippen molar-refractivity contribution in [1.29, 1.82) is 0 Å². The van der Waals surface area contributed by atoms with Crippen LogP contribution in [0.5, 0.6) is 0 Å². The minimum absolute atomic E-state index is 0.0292. The van der Waals surface area contributed by atoms with Crippen molar-refractivity contribution < 1.29 is 4.79 Å². The molecular weight excluding hydrogens is 340 g/mol. The van der Waals surface area contributed by atoms with Crippen molar-refractivity contribution in [2.75, 3.05) is 13.1 Å². The number of piperidine rings is 1. The Morgan fingerprint density at radius 1 is 1.30 bits per heavy atom. The summed E-state index contributed by atoms with van der Waals surface area (Å²) >= 11 is 0. The van der Waals surface area contributed by atoms with Gasteiger partial charge in [0.2, 0.25) is 0 Å². The molecule has 27 heavy (non-hydrogen) atoms. The van der Waals surface area contributed by atoms with E-state index in [1.807, 2.05) is 42.4 Å². The first-order chi connectivity index (χ1) is 13.2. The van der Waals surface area contributed by atoms with Crippen LogP contribution in [0.2, 0.25) is 0 Å². The Morgan fingerprint density at radius 3 is 2.85 bits per heavy atom. The summed E-state index contributed by atoms with van der Waals surface area (Å²) in [4.78, 5) is 23.1. The third kappa shape index (κ3) is 3.92. The molecule has 0 unspecified atom stereocenters. The maximum Gasteiger partial charge on any atom is 0.271 e. The molecule has 3 aromatic heterocycles. The van der Waals surface area contributed by atoms with Crippen molar-refractivity contribution >= 4 is 5.91 Å². The van der Waals surface area contributed by atoms with E-state index in [4.69, 9.17) is 0 Å². The number of carbonyl (C=O) groups is 1. The maximum atomic E-state index is 12.8. The number of rotatable bonds is 5. The normalized spacial score (nSPS) is 15.2. The van der Waals surface area contributed by atoms with Crippen molar-refractivity contribution in [2.45, 2.75) is 32.7 Å². The van der Waals surface area contributed by atoms with Gasteiger partial charge in [-0.15, -0.1) is 0 Å². The molecule has 1 fully saturated rings. The van der Waals surface area contributed by atoms with Gasteiger partial charge in [0.05, 0.1) is 5.69 Å². The highest BCUT2D eigenvalue weighted by Gasteiger charge is 2.25. The molecule has 1 N–H and O–H groups in total. The molecule has 4 heterocycles. The van der Waals surface area contributed by atoms with Gasteiger partial charge in [-0.1, -0.05) is 0 Å². The third-order valence-corrected chi connectivity index (χ3v) is 5.37. The molecule has 4 rings (SSSR count). The number of imidazole rings is 1. The fourth-order valence-corrected chi connectivity index (χ4v) is 3.65. The zero-order valence-electron chi connectivity index (χ0n) is 15.5. The van der Waals surface area contributed by atoms with Crippen molar-refractivity contribution in [1.82, 2.24) is 29.6 Å². The predicted molar refractivity (Wildman–Crippen MR) is 102 cm³/mol. The number of nitrogens with one attached hydrogen (secondary N) is 1. The minimum atomic E-state index is 0.0292. The van der Waals surface area contributed by atoms with Crippen LogP contribution < -0.4 is 0 Å². The van der Waals surface area contributed by atoms with Gasteiger partial charge >= 0.3 is 0 Å². The highest BCUT2D eigenvalue weighted by molar-refractivity contribution is 5.93. The first-order valence-corrected chi connectivity index (χ1v) is 9.43. The van der Waals surface area contributed by atoms with Crippen molar-refractivity contribution in [3.8, 4) is 11.3 Å². The Morgan fingerprint density at radius 2 is 2.15 bits per heavy atom. The summed E-state index contributed by atoms with van der Waals surface area (Å²) < 4.78 is 2.20. The number of hydrogen-bond donors (Lipinski definition) is 1. The van der Waals surface area contributed by atoms with Gasteiger partial charge in [-0.05, 0) is 50.3 Å². The number of carbonyl (C=O) groups excluding carboxylic acids is 1. The van der Waals surface area contributed by atoms with Crippen LogP contribution in [0.1, 0.15) is 35.6 Å². The molecule has 1 aliphatic heterocycles. The molecule has 0 spiro atoms. The molecule has 0 aliphatic carbocycles. The van der Waals surface area contributed by atoms with E-state index in [1.54, 1.807) is 12.4 Å². The molecule has 7 heteroatoms. The van der Waals surface area contributed by atoms with Gasteiger partial charge in [0, 0.05) is 50.0 Å². The smallest absolute Gasteiger partial charge is 0.271 e. The summed E-state index contributed by atoms with van der Waals surface area (Å²) in [6.45, 7) is 4.63. The average Bonchev–Trinajstić information content (AvgIpc) is 3.36. The summed E-state index contributed by atoms with van der Waals surface area (Å²) in [5.74, 6) is 1.75. The van der Waals surface area contributed by atoms with Crippen LogP contribution in [0.3, 0.4) is 0 Å². The predicted octanol–water partition coefficient (Wildman–Crippen LogP) is 2.92. The van der Waals surface area contributed by atoms with Gasteiger partial charge in [-0.3, -0.25) is 14.9 Å². The van der Waals surface area contributed by atoms with E-state index in [2.05, 4.69) is 24.7 Å². The molecule has 0 bridgehead atoms. The SMILES string of the molecule is Cc1nccn1CCC1CCN(C(=O)c2cc(-c3cccnc3)n[nH]2)CC1. The monoisotopic (exact) mass is 364 g/mol. The first kappa shape index (κ1) is 17.5. The van der Waals surface area contributed by atoms with Crippen molar-refractivity contribution in [3.63, 3.8) is 0 Å². The number of aromatic amines is 1. The van der Waals surface area contributed by atoms with Crippen LogP contribution in [0.4, 0.5) is 0 Å². The van der Waals surface area contributed by atoms with Crippen LogP contribution in [-0.2, 0) is 6.54 Å². The summed E-state index contributed by atoms with van der Waals surface area (Å²) in [7, 11) is 0. The number of pyridine rings is 1. The molecule has 3 aromatic rings. The number of nitrogens with zero attached hydrogens (tertiary/aromatic N) is 5. The van der Waals surface area contributed by atoms with E-state index in [9.17, 15) is 4.79 Å². The number of likely N-dealkylation sites (tertiary alicyclic amines) is 1. The number of hydrogen-bond acceptors (Lipinski definition) is 4. The zero-order chi connectivity index (χ0) is 18.6. The van der Waals surface area contributed by atoms with Crippen molar-refractivity contribution in [3.05, 3.63) is 54.5 Å². The second kappa shape index (κ2) is 7.73. The lowest BCUT2D eigenvalue weighted by Gasteiger charge is -2.31. The van der Waals surface area contributed by atoms with Crippen LogP contribution in [0.25, 0.3) is 11.3 Å². The van der Waals surface area contributed by atoms with Gasteiger partial charge in [-0.25, -0.2) is 4.98 Å². The molecule has 1 aliphatic rings. The van der Waals surface area contributed by atoms with Gasteiger partial charge in [-0.2, -0.15) is 5.10 Å². The fourth-order valence-electron chi connectivity index (χ4n) is 3.65. The van der Waals surface area contributed by atoms with E-state index in [0.29, 0.717) is 11.6 Å². The van der Waals surface area contributed by atoms with E-state index in [0.717, 1.165) is 56.0 Å². The maximum absolute atomic E-state index is 12.8. The van der Waals surface area contributed by atoms with E-state index in [1.165, 1.54) is 0 Å². The second-order valence-electron chi connectivity index (χ2n) is 7.10. The topological polar surface area (TPSA) is 79.7 Å². The van der Waals surface area contributed by atoms with E-state index in [-0.39, 0.29) is 5.91 Å². The molecule has 7 nitrogen and oxygen atoms in total. The quantitative estimate of drug-likeness (QED) is 0.755. The lowest BCUT2D eigenvalue weighted by molar-refractivity contribution is 0.0679. The Labute approximate surface area is 158 Å². The second-order valence-corrected chi connectivity index (χ2v) is 7.10. The lowest BCUT2D eigenvalue weighted by Crippen LogP contribution is -2.38. The molecule has 140 valence electrons. The molecule has 0 saturated carbocycles. The minimum Gasteiger partial charge on any atom is -0.337 e. The van der Waals surface area contributed by atoms with Gasteiger partial charge in [0.25, 0.3) is 5.91 Å². The third-order valence-electron chi connectivity index (χ3n) is 5.37. The number of aryl methyl sites for hydroxylation is 2. The first-order valence-electron chi connectivity index (χ1n) is 9.43.